The molecule has 1 unspecified atom stereocenters. The Hall–Kier alpha value is 0.947. The van der Waals surface area contributed by atoms with Crippen molar-refractivity contribution in [2.75, 3.05) is 0 Å². The van der Waals surface area contributed by atoms with Crippen molar-refractivity contribution in [3.8, 4) is 0 Å². The van der Waals surface area contributed by atoms with Gasteiger partial charge in [0.2, 0.25) is 0 Å². The fraction of sp³-hybridized carbons (Fsp3) is 1.00. The van der Waals surface area contributed by atoms with Gasteiger partial charge in [0.1, 0.15) is 0 Å². The molecule has 0 aliphatic rings. The molecule has 0 N–H and O–H groups in total. The average Bonchev–Trinajstić information content (AvgIpc) is 2.09. The van der Waals surface area contributed by atoms with Crippen molar-refractivity contribution in [1.29, 1.82) is 0 Å². The fourth-order valence-corrected chi connectivity index (χ4v) is 2.41. The van der Waals surface area contributed by atoms with E-state index in [1.54, 1.807) is 0 Å². The second-order valence-electron chi connectivity index (χ2n) is 4.04. The number of hydrogen-bond acceptors (Lipinski definition) is 0. The predicted molar refractivity (Wildman–Crippen MR) is 75.0 cm³/mol. The molecule has 0 aliphatic heterocycles. The third-order valence-electron chi connectivity index (χ3n) is 2.46. The molecule has 0 nitrogen and oxygen atoms in total. The van der Waals surface area contributed by atoms with Gasteiger partial charge in [-0.2, -0.15) is 0 Å². The molecule has 0 rings (SSSR count). The van der Waals surface area contributed by atoms with Crippen LogP contribution in [0.25, 0.3) is 0 Å². The van der Waals surface area contributed by atoms with E-state index in [0.717, 1.165) is 3.55 Å². The number of hydrogen-bond donors (Lipinski definition) is 0. The Morgan fingerprint density at radius 3 is 1.85 bits per heavy atom. The normalized spacial score (nSPS) is 13.4. The molecule has 2 heteroatoms. The Labute approximate surface area is 101 Å². The van der Waals surface area contributed by atoms with Gasteiger partial charge in [-0.3, -0.25) is 0 Å². The molecule has 0 heterocycles. The van der Waals surface area contributed by atoms with Crippen LogP contribution in [0.15, 0.2) is 0 Å². The summed E-state index contributed by atoms with van der Waals surface area (Å²) in [6, 6.07) is 0. The summed E-state index contributed by atoms with van der Waals surface area (Å²) in [5.41, 5.74) is 0. The minimum atomic E-state index is 1.01. The summed E-state index contributed by atoms with van der Waals surface area (Å²) in [5.74, 6) is 0. The zero-order chi connectivity index (χ0) is 9.94. The van der Waals surface area contributed by atoms with Gasteiger partial charge in [0.25, 0.3) is 0 Å². The standard InChI is InChI=1S/C11H25ISi/c1-2-3-4-5-6-7-8-9-10-11(12)13/h11H,2-10H2,1,13H3. The molecule has 80 valence electrons. The van der Waals surface area contributed by atoms with Crippen LogP contribution < -0.4 is 0 Å². The first-order valence-corrected chi connectivity index (χ1v) is 8.31. The summed E-state index contributed by atoms with van der Waals surface area (Å²) >= 11 is 2.58. The molecule has 0 radical (unpaired) electrons. The van der Waals surface area contributed by atoms with Crippen LogP contribution in [-0.2, 0) is 0 Å². The van der Waals surface area contributed by atoms with Crippen molar-refractivity contribution in [2.45, 2.75) is 68.3 Å². The maximum atomic E-state index is 2.58. The van der Waals surface area contributed by atoms with Crippen molar-refractivity contribution in [3.63, 3.8) is 0 Å². The van der Waals surface area contributed by atoms with Gasteiger partial charge in [-0.05, 0) is 9.97 Å². The summed E-state index contributed by atoms with van der Waals surface area (Å²) < 4.78 is 1.01. The molecule has 0 saturated carbocycles. The molecule has 0 bridgehead atoms. The second kappa shape index (κ2) is 11.0. The first-order valence-electron chi connectivity index (χ1n) is 5.91. The lowest BCUT2D eigenvalue weighted by Gasteiger charge is -2.03. The molecule has 0 spiro atoms. The number of unbranched alkanes of at least 4 members (excludes halogenated alkanes) is 7. The molecule has 0 aromatic heterocycles. The number of rotatable bonds is 9. The van der Waals surface area contributed by atoms with Gasteiger partial charge in [0.05, 0.1) is 0 Å². The van der Waals surface area contributed by atoms with Crippen molar-refractivity contribution in [3.05, 3.63) is 0 Å². The quantitative estimate of drug-likeness (QED) is 0.264. The topological polar surface area (TPSA) is 0 Å². The van der Waals surface area contributed by atoms with E-state index < -0.39 is 0 Å². The van der Waals surface area contributed by atoms with Crippen LogP contribution in [0.4, 0.5) is 0 Å². The van der Waals surface area contributed by atoms with Crippen LogP contribution in [0.1, 0.15) is 64.7 Å². The molecule has 0 aliphatic carbocycles. The first-order chi connectivity index (χ1) is 6.27. The Bertz CT molecular complexity index is 94.1. The number of alkyl halides is 1. The van der Waals surface area contributed by atoms with Crippen LogP contribution in [0, 0.1) is 0 Å². The van der Waals surface area contributed by atoms with Crippen LogP contribution in [-0.4, -0.2) is 13.8 Å². The number of halogens is 1. The summed E-state index contributed by atoms with van der Waals surface area (Å²) in [4.78, 5) is 0. The molecular weight excluding hydrogens is 287 g/mol. The molecule has 0 amide bonds. The van der Waals surface area contributed by atoms with Crippen molar-refractivity contribution < 1.29 is 0 Å². The van der Waals surface area contributed by atoms with E-state index in [0.29, 0.717) is 0 Å². The Kier molecular flexibility index (Phi) is 11.8. The van der Waals surface area contributed by atoms with Gasteiger partial charge >= 0.3 is 0 Å². The van der Waals surface area contributed by atoms with E-state index >= 15 is 0 Å². The van der Waals surface area contributed by atoms with E-state index in [9.17, 15) is 0 Å². The third-order valence-corrected chi connectivity index (χ3v) is 3.66. The van der Waals surface area contributed by atoms with E-state index in [1.165, 1.54) is 68.0 Å². The van der Waals surface area contributed by atoms with Gasteiger partial charge in [0.15, 0.2) is 0 Å². The maximum absolute atomic E-state index is 2.58. The second-order valence-corrected chi connectivity index (χ2v) is 9.91. The minimum absolute atomic E-state index is 1.01. The molecule has 13 heavy (non-hydrogen) atoms. The molecular formula is C11H25ISi. The highest BCUT2D eigenvalue weighted by atomic mass is 127. The van der Waals surface area contributed by atoms with Gasteiger partial charge in [0, 0.05) is 10.2 Å². The highest BCUT2D eigenvalue weighted by Crippen LogP contribution is 2.12. The Morgan fingerprint density at radius 2 is 1.38 bits per heavy atom. The smallest absolute Gasteiger partial charge is 0.0190 e. The minimum Gasteiger partial charge on any atom is -0.0872 e. The summed E-state index contributed by atoms with van der Waals surface area (Å²) in [5, 5.41) is 0. The van der Waals surface area contributed by atoms with Crippen LogP contribution in [0.3, 0.4) is 0 Å². The van der Waals surface area contributed by atoms with Crippen LogP contribution >= 0.6 is 22.6 Å². The zero-order valence-electron chi connectivity index (χ0n) is 9.32. The summed E-state index contributed by atoms with van der Waals surface area (Å²) in [6.45, 7) is 2.28. The maximum Gasteiger partial charge on any atom is 0.0190 e. The molecule has 0 saturated heterocycles. The van der Waals surface area contributed by atoms with Crippen molar-refractivity contribution >= 4 is 32.8 Å². The largest absolute Gasteiger partial charge is 0.0872 e. The van der Waals surface area contributed by atoms with Gasteiger partial charge in [-0.15, -0.1) is 0 Å². The molecule has 0 aromatic rings. The Morgan fingerprint density at radius 1 is 0.923 bits per heavy atom. The monoisotopic (exact) mass is 312 g/mol. The van der Waals surface area contributed by atoms with Crippen LogP contribution in [0.2, 0.25) is 0 Å². The average molecular weight is 312 g/mol. The zero-order valence-corrected chi connectivity index (χ0v) is 13.5. The lowest BCUT2D eigenvalue weighted by molar-refractivity contribution is 0.572. The lowest BCUT2D eigenvalue weighted by atomic mass is 10.1. The van der Waals surface area contributed by atoms with Gasteiger partial charge < -0.3 is 0 Å². The van der Waals surface area contributed by atoms with Gasteiger partial charge in [-0.1, -0.05) is 80.9 Å². The van der Waals surface area contributed by atoms with Crippen molar-refractivity contribution in [1.82, 2.24) is 0 Å². The highest BCUT2D eigenvalue weighted by molar-refractivity contribution is 14.1. The SMILES string of the molecule is CCCCCCCCCCC([SiH3])I. The third kappa shape index (κ3) is 12.9. The molecule has 1 atom stereocenters. The van der Waals surface area contributed by atoms with E-state index in [2.05, 4.69) is 29.5 Å². The first kappa shape index (κ1) is 13.9. The van der Waals surface area contributed by atoms with E-state index in [1.807, 2.05) is 0 Å². The highest BCUT2D eigenvalue weighted by Gasteiger charge is 1.95. The summed E-state index contributed by atoms with van der Waals surface area (Å²) in [6.07, 6.45) is 13.1. The fourth-order valence-electron chi connectivity index (χ4n) is 1.56. The molecule has 0 aromatic carbocycles. The van der Waals surface area contributed by atoms with Crippen LogP contribution in [0.5, 0.6) is 0 Å². The lowest BCUT2D eigenvalue weighted by Crippen LogP contribution is -1.94. The van der Waals surface area contributed by atoms with Gasteiger partial charge in [-0.25, -0.2) is 0 Å². The Balaban J connectivity index is 2.84. The summed E-state index contributed by atoms with van der Waals surface area (Å²) in [7, 11) is 1.38. The van der Waals surface area contributed by atoms with Crippen molar-refractivity contribution in [2.24, 2.45) is 0 Å². The predicted octanol–water partition coefficient (Wildman–Crippen LogP) is 3.64. The van der Waals surface area contributed by atoms with E-state index in [-0.39, 0.29) is 0 Å². The van der Waals surface area contributed by atoms with E-state index in [4.69, 9.17) is 0 Å². The molecule has 0 fully saturated rings.